The van der Waals surface area contributed by atoms with Crippen LogP contribution in [0.3, 0.4) is 0 Å². The fourth-order valence-electron chi connectivity index (χ4n) is 0.632. The predicted octanol–water partition coefficient (Wildman–Crippen LogP) is 1.57. The first-order valence-corrected chi connectivity index (χ1v) is 3.63. The molecular weight excluding hydrogens is 128 g/mol. The average molecular weight is 142 g/mol. The SMILES string of the molecule is C=C(OC1COC1)C(C)C. The molecule has 0 spiro atoms. The van der Waals surface area contributed by atoms with Crippen molar-refractivity contribution >= 4 is 0 Å². The van der Waals surface area contributed by atoms with Gasteiger partial charge in [-0.15, -0.1) is 0 Å². The zero-order valence-corrected chi connectivity index (χ0v) is 6.59. The number of rotatable bonds is 3. The second-order valence-corrected chi connectivity index (χ2v) is 2.90. The Morgan fingerprint density at radius 3 is 2.50 bits per heavy atom. The van der Waals surface area contributed by atoms with E-state index in [4.69, 9.17) is 9.47 Å². The van der Waals surface area contributed by atoms with Crippen LogP contribution in [-0.4, -0.2) is 19.3 Å². The summed E-state index contributed by atoms with van der Waals surface area (Å²) in [4.78, 5) is 0. The Bertz CT molecular complexity index is 125. The summed E-state index contributed by atoms with van der Waals surface area (Å²) in [7, 11) is 0. The molecule has 0 atom stereocenters. The summed E-state index contributed by atoms with van der Waals surface area (Å²) >= 11 is 0. The Kier molecular flexibility index (Phi) is 2.33. The van der Waals surface area contributed by atoms with E-state index in [-0.39, 0.29) is 6.10 Å². The van der Waals surface area contributed by atoms with E-state index in [2.05, 4.69) is 20.4 Å². The van der Waals surface area contributed by atoms with Gasteiger partial charge in [0.05, 0.1) is 19.0 Å². The summed E-state index contributed by atoms with van der Waals surface area (Å²) in [6, 6.07) is 0. The van der Waals surface area contributed by atoms with Crippen molar-refractivity contribution in [3.8, 4) is 0 Å². The van der Waals surface area contributed by atoms with Crippen molar-refractivity contribution in [3.05, 3.63) is 12.3 Å². The van der Waals surface area contributed by atoms with Crippen molar-refractivity contribution < 1.29 is 9.47 Å². The Morgan fingerprint density at radius 1 is 1.60 bits per heavy atom. The van der Waals surface area contributed by atoms with E-state index < -0.39 is 0 Å². The first-order chi connectivity index (χ1) is 4.70. The minimum absolute atomic E-state index is 0.273. The van der Waals surface area contributed by atoms with E-state index in [1.807, 2.05) is 0 Å². The van der Waals surface area contributed by atoms with Gasteiger partial charge in [0.25, 0.3) is 0 Å². The first-order valence-electron chi connectivity index (χ1n) is 3.63. The van der Waals surface area contributed by atoms with Crippen molar-refractivity contribution in [1.82, 2.24) is 0 Å². The van der Waals surface area contributed by atoms with Gasteiger partial charge in [0, 0.05) is 5.92 Å². The van der Waals surface area contributed by atoms with Crippen LogP contribution in [0.4, 0.5) is 0 Å². The molecule has 0 aliphatic carbocycles. The Hall–Kier alpha value is -0.500. The lowest BCUT2D eigenvalue weighted by Crippen LogP contribution is -2.36. The monoisotopic (exact) mass is 142 g/mol. The first kappa shape index (κ1) is 7.61. The maximum Gasteiger partial charge on any atom is 0.145 e. The van der Waals surface area contributed by atoms with Crippen LogP contribution in [0.5, 0.6) is 0 Å². The third-order valence-corrected chi connectivity index (χ3v) is 1.57. The molecule has 0 N–H and O–H groups in total. The molecule has 0 saturated carbocycles. The van der Waals surface area contributed by atoms with Gasteiger partial charge in [0.15, 0.2) is 0 Å². The molecule has 0 bridgehead atoms. The average Bonchev–Trinajstić information content (AvgIpc) is 1.77. The number of allylic oxidation sites excluding steroid dienone is 1. The van der Waals surface area contributed by atoms with Crippen LogP contribution in [0, 0.1) is 5.92 Å². The molecule has 0 unspecified atom stereocenters. The summed E-state index contributed by atoms with van der Waals surface area (Å²) in [5, 5.41) is 0. The van der Waals surface area contributed by atoms with Gasteiger partial charge in [0.2, 0.25) is 0 Å². The van der Waals surface area contributed by atoms with Gasteiger partial charge in [0.1, 0.15) is 6.10 Å². The topological polar surface area (TPSA) is 18.5 Å². The van der Waals surface area contributed by atoms with Crippen LogP contribution in [0.2, 0.25) is 0 Å². The molecule has 10 heavy (non-hydrogen) atoms. The molecule has 2 nitrogen and oxygen atoms in total. The summed E-state index contributed by atoms with van der Waals surface area (Å²) in [6.45, 7) is 9.40. The molecule has 1 saturated heterocycles. The van der Waals surface area contributed by atoms with Crippen LogP contribution in [-0.2, 0) is 9.47 Å². The number of hydrogen-bond acceptors (Lipinski definition) is 2. The quantitative estimate of drug-likeness (QED) is 0.557. The van der Waals surface area contributed by atoms with Gasteiger partial charge in [-0.05, 0) is 0 Å². The van der Waals surface area contributed by atoms with Gasteiger partial charge < -0.3 is 9.47 Å². The molecule has 1 fully saturated rings. The van der Waals surface area contributed by atoms with Crippen LogP contribution in [0.25, 0.3) is 0 Å². The second kappa shape index (κ2) is 3.06. The summed E-state index contributed by atoms with van der Waals surface area (Å²) < 4.78 is 10.4. The molecule has 0 aromatic carbocycles. The van der Waals surface area contributed by atoms with E-state index >= 15 is 0 Å². The van der Waals surface area contributed by atoms with Gasteiger partial charge in [-0.25, -0.2) is 0 Å². The highest BCUT2D eigenvalue weighted by Gasteiger charge is 2.20. The maximum atomic E-state index is 5.43. The standard InChI is InChI=1S/C8H14O2/c1-6(2)7(3)10-8-4-9-5-8/h6,8H,3-5H2,1-2H3. The molecule has 1 aliphatic rings. The van der Waals surface area contributed by atoms with Gasteiger partial charge >= 0.3 is 0 Å². The summed E-state index contributed by atoms with van der Waals surface area (Å²) in [5.74, 6) is 1.29. The van der Waals surface area contributed by atoms with Gasteiger partial charge in [-0.1, -0.05) is 20.4 Å². The molecule has 0 radical (unpaired) electrons. The van der Waals surface area contributed by atoms with Gasteiger partial charge in [-0.3, -0.25) is 0 Å². The number of hydrogen-bond donors (Lipinski definition) is 0. The summed E-state index contributed by atoms with van der Waals surface area (Å²) in [6.07, 6.45) is 0.273. The Morgan fingerprint density at radius 2 is 2.20 bits per heavy atom. The molecule has 0 aromatic rings. The highest BCUT2D eigenvalue weighted by molar-refractivity contribution is 4.88. The van der Waals surface area contributed by atoms with Crippen molar-refractivity contribution in [2.45, 2.75) is 20.0 Å². The predicted molar refractivity (Wildman–Crippen MR) is 39.7 cm³/mol. The van der Waals surface area contributed by atoms with E-state index in [0.717, 1.165) is 19.0 Å². The van der Waals surface area contributed by atoms with E-state index in [0.29, 0.717) is 5.92 Å². The molecule has 1 rings (SSSR count). The molecule has 58 valence electrons. The number of ether oxygens (including phenoxy) is 2. The zero-order valence-electron chi connectivity index (χ0n) is 6.59. The molecular formula is C8H14O2. The molecule has 1 heterocycles. The van der Waals surface area contributed by atoms with Crippen molar-refractivity contribution in [1.29, 1.82) is 0 Å². The summed E-state index contributed by atoms with van der Waals surface area (Å²) in [5.41, 5.74) is 0. The third kappa shape index (κ3) is 1.74. The van der Waals surface area contributed by atoms with E-state index in [1.54, 1.807) is 0 Å². The lowest BCUT2D eigenvalue weighted by molar-refractivity contribution is -0.111. The zero-order chi connectivity index (χ0) is 7.56. The largest absolute Gasteiger partial charge is 0.490 e. The molecule has 0 amide bonds. The van der Waals surface area contributed by atoms with Crippen molar-refractivity contribution in [3.63, 3.8) is 0 Å². The fraction of sp³-hybridized carbons (Fsp3) is 0.750. The van der Waals surface area contributed by atoms with Crippen LogP contribution < -0.4 is 0 Å². The Labute approximate surface area is 61.8 Å². The van der Waals surface area contributed by atoms with Crippen molar-refractivity contribution in [2.24, 2.45) is 5.92 Å². The Balaban J connectivity index is 2.17. The smallest absolute Gasteiger partial charge is 0.145 e. The van der Waals surface area contributed by atoms with Crippen LogP contribution in [0.15, 0.2) is 12.3 Å². The third-order valence-electron chi connectivity index (χ3n) is 1.57. The molecule has 2 heteroatoms. The van der Waals surface area contributed by atoms with Crippen molar-refractivity contribution in [2.75, 3.05) is 13.2 Å². The van der Waals surface area contributed by atoms with E-state index in [1.165, 1.54) is 0 Å². The minimum Gasteiger partial charge on any atom is -0.490 e. The second-order valence-electron chi connectivity index (χ2n) is 2.90. The van der Waals surface area contributed by atoms with Crippen LogP contribution >= 0.6 is 0 Å². The van der Waals surface area contributed by atoms with Gasteiger partial charge in [-0.2, -0.15) is 0 Å². The van der Waals surface area contributed by atoms with E-state index in [9.17, 15) is 0 Å². The lowest BCUT2D eigenvalue weighted by atomic mass is 10.2. The lowest BCUT2D eigenvalue weighted by Gasteiger charge is -2.28. The minimum atomic E-state index is 0.273. The highest BCUT2D eigenvalue weighted by atomic mass is 16.6. The maximum absolute atomic E-state index is 5.43. The molecule has 1 aliphatic heterocycles. The fourth-order valence-corrected chi connectivity index (χ4v) is 0.632. The normalized spacial score (nSPS) is 18.7. The highest BCUT2D eigenvalue weighted by Crippen LogP contribution is 2.15. The molecule has 0 aromatic heterocycles. The van der Waals surface area contributed by atoms with Crippen LogP contribution in [0.1, 0.15) is 13.8 Å².